The zero-order valence-corrected chi connectivity index (χ0v) is 44.7. The lowest BCUT2D eigenvalue weighted by Gasteiger charge is -2.22. The van der Waals surface area contributed by atoms with Gasteiger partial charge < -0.3 is 42.8 Å². The molecular weight excluding hydrogens is 1110 g/mol. The third-order valence-electron chi connectivity index (χ3n) is 9.78. The van der Waals surface area contributed by atoms with E-state index in [9.17, 15) is 14.7 Å². The number of oxime groups is 1. The number of hydrogen-bond donors (Lipinski definition) is 2. The van der Waals surface area contributed by atoms with Crippen molar-refractivity contribution >= 4 is 73.9 Å². The molecule has 67 heavy (non-hydrogen) atoms. The molecule has 15 nitrogen and oxygen atoms in total. The number of aliphatic hydroxyl groups excluding tert-OH is 1. The molecular formula is C49H63ClI2N4O11. The van der Waals surface area contributed by atoms with Gasteiger partial charge in [0, 0.05) is 31.1 Å². The van der Waals surface area contributed by atoms with Gasteiger partial charge in [-0.1, -0.05) is 114 Å². The summed E-state index contributed by atoms with van der Waals surface area (Å²) in [6, 6.07) is 21.6. The van der Waals surface area contributed by atoms with Crippen molar-refractivity contribution in [2.45, 2.75) is 143 Å². The van der Waals surface area contributed by atoms with Gasteiger partial charge in [0.05, 0.1) is 33.2 Å². The van der Waals surface area contributed by atoms with Gasteiger partial charge in [0.2, 0.25) is 0 Å². The van der Waals surface area contributed by atoms with Crippen molar-refractivity contribution in [1.29, 1.82) is 0 Å². The summed E-state index contributed by atoms with van der Waals surface area (Å²) in [7, 11) is 0. The summed E-state index contributed by atoms with van der Waals surface area (Å²) >= 11 is 10.1. The van der Waals surface area contributed by atoms with Crippen molar-refractivity contribution in [2.24, 2.45) is 10.6 Å². The Labute approximate surface area is 425 Å². The molecule has 0 saturated carbocycles. The lowest BCUT2D eigenvalue weighted by molar-refractivity contribution is -0.156. The monoisotopic (exact) mass is 1170 g/mol. The van der Waals surface area contributed by atoms with E-state index in [2.05, 4.69) is 43.2 Å². The highest BCUT2D eigenvalue weighted by Gasteiger charge is 2.32. The van der Waals surface area contributed by atoms with Gasteiger partial charge in [0.25, 0.3) is 0 Å². The standard InChI is InChI=1S/C28H37IN2O6.C21H26ClIN2O5/c1-27(2,3)26(33)21-16-20(30-36-21)24-23(29)25(37-31-24)19(15-22(32)35-28(4,5)6)13-10-14-34-17-18-11-8-7-9-12-18;1-21(2,3)29-16(26)12-15(19-17(23)18(25-30-19)20(22)24-27)10-7-11-28-13-14-8-5-4-6-9-14/h7-9,11-12,16,19,26,33H,10,13-15,17H2,1-6H3;4-6,8-9,15,27H,7,10-13H2,1-3H3/b;24-20-/t19-,26?;15-/m00/s1. The van der Waals surface area contributed by atoms with Crippen LogP contribution in [0.4, 0.5) is 0 Å². The zero-order chi connectivity index (χ0) is 49.4. The molecule has 5 rings (SSSR count). The van der Waals surface area contributed by atoms with E-state index >= 15 is 0 Å². The highest BCUT2D eigenvalue weighted by atomic mass is 127. The second kappa shape index (κ2) is 26.2. The van der Waals surface area contributed by atoms with Gasteiger partial charge in [0.15, 0.2) is 28.1 Å². The fourth-order valence-corrected chi connectivity index (χ4v) is 8.69. The SMILES string of the molecule is CC(C)(C)OC(=O)C[C@H](CCCOCc1ccccc1)c1onc(-c2cc(C(O)C(C)(C)C)on2)c1I.CC(C)(C)OC(=O)C[C@H](CCCOCc1ccccc1)c1onc(/C(Cl)=N/O)c1I. The molecule has 3 heterocycles. The van der Waals surface area contributed by atoms with Gasteiger partial charge in [-0.3, -0.25) is 9.59 Å². The number of aromatic nitrogens is 3. The summed E-state index contributed by atoms with van der Waals surface area (Å²) in [5.41, 5.74) is 1.89. The number of hydrogen-bond acceptors (Lipinski definition) is 15. The summed E-state index contributed by atoms with van der Waals surface area (Å²) < 4.78 is 40.6. The van der Waals surface area contributed by atoms with Crippen molar-refractivity contribution in [2.75, 3.05) is 13.2 Å². The molecule has 0 spiro atoms. The molecule has 0 amide bonds. The van der Waals surface area contributed by atoms with E-state index in [0.717, 1.165) is 21.1 Å². The Morgan fingerprint density at radius 2 is 1.16 bits per heavy atom. The second-order valence-corrected chi connectivity index (χ2v) is 21.5. The normalized spacial score (nSPS) is 13.7. The topological polar surface area (TPSA) is 202 Å². The van der Waals surface area contributed by atoms with E-state index in [1.165, 1.54) is 0 Å². The van der Waals surface area contributed by atoms with Gasteiger partial charge >= 0.3 is 11.9 Å². The molecule has 1 unspecified atom stereocenters. The fourth-order valence-electron chi connectivity index (χ4n) is 6.59. The number of carbonyl (C=O) groups is 2. The number of carbonyl (C=O) groups excluding carboxylic acids is 2. The Kier molecular flexibility index (Phi) is 21.8. The lowest BCUT2D eigenvalue weighted by Crippen LogP contribution is -2.25. The van der Waals surface area contributed by atoms with Gasteiger partial charge in [-0.15, -0.1) is 0 Å². The van der Waals surface area contributed by atoms with E-state index in [-0.39, 0.29) is 47.5 Å². The fraction of sp³-hybridized carbons (Fsp3) is 0.510. The minimum Gasteiger partial charge on any atom is -0.460 e. The van der Waals surface area contributed by atoms with E-state index in [1.54, 1.807) is 6.07 Å². The Hall–Kier alpha value is -3.89. The van der Waals surface area contributed by atoms with Crippen molar-refractivity contribution in [3.8, 4) is 11.4 Å². The predicted octanol–water partition coefficient (Wildman–Crippen LogP) is 12.3. The van der Waals surface area contributed by atoms with Gasteiger partial charge in [-0.25, -0.2) is 0 Å². The minimum absolute atomic E-state index is 0.133. The van der Waals surface area contributed by atoms with Crippen LogP contribution in [0.25, 0.3) is 11.4 Å². The number of halogens is 3. The number of ether oxygens (including phenoxy) is 4. The van der Waals surface area contributed by atoms with Crippen molar-refractivity contribution in [1.82, 2.24) is 15.5 Å². The average Bonchev–Trinajstić information content (AvgIpc) is 4.00. The largest absolute Gasteiger partial charge is 0.460 e. The number of nitrogens with zero attached hydrogens (tertiary/aromatic N) is 4. The first-order valence-corrected chi connectivity index (χ1v) is 24.6. The number of rotatable bonds is 21. The smallest absolute Gasteiger partial charge is 0.307 e. The Morgan fingerprint density at radius 3 is 1.61 bits per heavy atom. The molecule has 3 atom stereocenters. The molecule has 0 saturated heterocycles. The average molecular weight is 1170 g/mol. The molecule has 0 aliphatic carbocycles. The molecule has 0 bridgehead atoms. The van der Waals surface area contributed by atoms with Crippen LogP contribution in [-0.4, -0.2) is 67.3 Å². The van der Waals surface area contributed by atoms with Crippen molar-refractivity contribution in [3.05, 3.63) is 108 Å². The zero-order valence-electron chi connectivity index (χ0n) is 39.6. The highest BCUT2D eigenvalue weighted by Crippen LogP contribution is 2.38. The molecule has 3 aromatic heterocycles. The maximum absolute atomic E-state index is 12.7. The Balaban J connectivity index is 0.000000299. The van der Waals surface area contributed by atoms with E-state index in [4.69, 9.17) is 49.3 Å². The van der Waals surface area contributed by atoms with Crippen molar-refractivity contribution in [3.63, 3.8) is 0 Å². The van der Waals surface area contributed by atoms with Crippen LogP contribution >= 0.6 is 56.8 Å². The van der Waals surface area contributed by atoms with Crippen LogP contribution in [0.2, 0.25) is 0 Å². The summed E-state index contributed by atoms with van der Waals surface area (Å²) in [6.45, 7) is 18.9. The molecule has 366 valence electrons. The number of esters is 2. The molecule has 0 aliphatic heterocycles. The molecule has 18 heteroatoms. The number of aliphatic hydroxyl groups is 1. The number of benzene rings is 2. The first kappa shape index (κ1) is 55.7. The molecule has 0 aliphatic rings. The molecule has 0 radical (unpaired) electrons. The summed E-state index contributed by atoms with van der Waals surface area (Å²) in [5, 5.41) is 34.5. The van der Waals surface area contributed by atoms with Crippen molar-refractivity contribution < 1.29 is 52.4 Å². The summed E-state index contributed by atoms with van der Waals surface area (Å²) in [6.07, 6.45) is 2.22. The first-order chi connectivity index (χ1) is 31.6. The lowest BCUT2D eigenvalue weighted by atomic mass is 9.87. The second-order valence-electron chi connectivity index (χ2n) is 19.0. The Morgan fingerprint density at radius 1 is 0.701 bits per heavy atom. The van der Waals surface area contributed by atoms with Crippen LogP contribution in [0.3, 0.4) is 0 Å². The van der Waals surface area contributed by atoms with Gasteiger partial charge in [-0.05, 0) is 129 Å². The maximum atomic E-state index is 12.7. The van der Waals surface area contributed by atoms with E-state index in [1.807, 2.05) is 146 Å². The molecule has 2 N–H and O–H groups in total. The van der Waals surface area contributed by atoms with Crippen LogP contribution in [0.1, 0.15) is 153 Å². The maximum Gasteiger partial charge on any atom is 0.307 e. The first-order valence-electron chi connectivity index (χ1n) is 22.1. The predicted molar refractivity (Wildman–Crippen MR) is 270 cm³/mol. The van der Waals surface area contributed by atoms with Crippen LogP contribution in [0.5, 0.6) is 0 Å². The van der Waals surface area contributed by atoms with E-state index < -0.39 is 22.7 Å². The van der Waals surface area contributed by atoms with E-state index in [0.29, 0.717) is 77.9 Å². The third-order valence-corrected chi connectivity index (χ3v) is 12.1. The van der Waals surface area contributed by atoms with Crippen LogP contribution < -0.4 is 0 Å². The minimum atomic E-state index is -0.811. The Bertz CT molecular complexity index is 2310. The van der Waals surface area contributed by atoms with Crippen LogP contribution in [0, 0.1) is 12.6 Å². The van der Waals surface area contributed by atoms with Crippen LogP contribution in [-0.2, 0) is 41.8 Å². The van der Waals surface area contributed by atoms with Crippen LogP contribution in [0.15, 0.2) is 85.5 Å². The van der Waals surface area contributed by atoms with Gasteiger partial charge in [-0.2, -0.15) is 0 Å². The summed E-state index contributed by atoms with van der Waals surface area (Å²) in [5.74, 6) is 0.351. The molecule has 0 fully saturated rings. The molecule has 5 aromatic rings. The third kappa shape index (κ3) is 18.9. The summed E-state index contributed by atoms with van der Waals surface area (Å²) in [4.78, 5) is 25.1. The molecule has 2 aromatic carbocycles. The highest BCUT2D eigenvalue weighted by molar-refractivity contribution is 14.1. The quantitative estimate of drug-likeness (QED) is 0.0175. The van der Waals surface area contributed by atoms with Gasteiger partial charge in [0.1, 0.15) is 28.7 Å².